The summed E-state index contributed by atoms with van der Waals surface area (Å²) in [5, 5.41) is 6.29. The lowest BCUT2D eigenvalue weighted by Gasteiger charge is -2.42. The number of nitrogens with one attached hydrogen (secondary N) is 2. The van der Waals surface area contributed by atoms with Gasteiger partial charge in [0.2, 0.25) is 5.91 Å². The van der Waals surface area contributed by atoms with Crippen LogP contribution in [0, 0.1) is 0 Å². The molecule has 0 spiro atoms. The fraction of sp³-hybridized carbons (Fsp3) is 0.500. The van der Waals surface area contributed by atoms with Gasteiger partial charge in [-0.15, -0.1) is 0 Å². The van der Waals surface area contributed by atoms with Crippen LogP contribution in [0.1, 0.15) is 13.8 Å². The van der Waals surface area contributed by atoms with Crippen molar-refractivity contribution < 1.29 is 4.79 Å². The van der Waals surface area contributed by atoms with Crippen molar-refractivity contribution >= 4 is 27.5 Å². The molecule has 0 saturated carbocycles. The van der Waals surface area contributed by atoms with E-state index >= 15 is 0 Å². The normalized spacial score (nSPS) is 19.1. The Morgan fingerprint density at radius 2 is 2.11 bits per heavy atom. The van der Waals surface area contributed by atoms with Crippen LogP contribution in [0.2, 0.25) is 0 Å². The van der Waals surface area contributed by atoms with Gasteiger partial charge in [0.25, 0.3) is 0 Å². The summed E-state index contributed by atoms with van der Waals surface area (Å²) in [6.07, 6.45) is 0. The molecule has 0 unspecified atom stereocenters. The molecule has 1 heterocycles. The SMILES string of the molecule is CC1(C)CNCCN1CC(=O)Nc1ccc(Br)cc1. The van der Waals surface area contributed by atoms with Crippen molar-refractivity contribution in [2.24, 2.45) is 0 Å². The van der Waals surface area contributed by atoms with Gasteiger partial charge in [-0.05, 0) is 38.1 Å². The van der Waals surface area contributed by atoms with Crippen LogP contribution in [0.3, 0.4) is 0 Å². The van der Waals surface area contributed by atoms with Crippen molar-refractivity contribution in [2.45, 2.75) is 19.4 Å². The molecule has 1 aliphatic heterocycles. The molecule has 0 aliphatic carbocycles. The molecule has 19 heavy (non-hydrogen) atoms. The van der Waals surface area contributed by atoms with Gasteiger partial charge in [0.15, 0.2) is 0 Å². The second-order valence-corrected chi connectivity index (χ2v) is 6.38. The summed E-state index contributed by atoms with van der Waals surface area (Å²) in [6, 6.07) is 7.63. The van der Waals surface area contributed by atoms with Gasteiger partial charge in [0.1, 0.15) is 0 Å². The highest BCUT2D eigenvalue weighted by Crippen LogP contribution is 2.17. The van der Waals surface area contributed by atoms with Gasteiger partial charge >= 0.3 is 0 Å². The van der Waals surface area contributed by atoms with Crippen LogP contribution >= 0.6 is 15.9 Å². The largest absolute Gasteiger partial charge is 0.325 e. The Morgan fingerprint density at radius 3 is 2.74 bits per heavy atom. The number of hydrogen-bond donors (Lipinski definition) is 2. The topological polar surface area (TPSA) is 44.4 Å². The van der Waals surface area contributed by atoms with E-state index in [9.17, 15) is 4.79 Å². The van der Waals surface area contributed by atoms with Gasteiger partial charge in [-0.25, -0.2) is 0 Å². The van der Waals surface area contributed by atoms with Gasteiger partial charge in [-0.1, -0.05) is 15.9 Å². The second-order valence-electron chi connectivity index (χ2n) is 5.47. The van der Waals surface area contributed by atoms with E-state index in [1.807, 2.05) is 24.3 Å². The third-order valence-electron chi connectivity index (χ3n) is 3.43. The van der Waals surface area contributed by atoms with Crippen LogP contribution in [0.5, 0.6) is 0 Å². The minimum Gasteiger partial charge on any atom is -0.325 e. The Labute approximate surface area is 122 Å². The summed E-state index contributed by atoms with van der Waals surface area (Å²) >= 11 is 3.38. The molecular formula is C14H20BrN3O. The third kappa shape index (κ3) is 4.03. The maximum atomic E-state index is 12.1. The van der Waals surface area contributed by atoms with Crippen LogP contribution < -0.4 is 10.6 Å². The van der Waals surface area contributed by atoms with Crippen LogP contribution in [0.25, 0.3) is 0 Å². The molecule has 104 valence electrons. The molecule has 1 fully saturated rings. The Morgan fingerprint density at radius 1 is 1.42 bits per heavy atom. The summed E-state index contributed by atoms with van der Waals surface area (Å²) in [5.74, 6) is 0.0392. The van der Waals surface area contributed by atoms with Crippen LogP contribution in [0.4, 0.5) is 5.69 Å². The van der Waals surface area contributed by atoms with E-state index in [4.69, 9.17) is 0 Å². The van der Waals surface area contributed by atoms with Gasteiger partial charge < -0.3 is 10.6 Å². The van der Waals surface area contributed by atoms with Gasteiger partial charge in [0.05, 0.1) is 6.54 Å². The van der Waals surface area contributed by atoms with Gasteiger partial charge in [-0.3, -0.25) is 9.69 Å². The van der Waals surface area contributed by atoms with Crippen molar-refractivity contribution in [3.63, 3.8) is 0 Å². The average molecular weight is 326 g/mol. The fourth-order valence-electron chi connectivity index (χ4n) is 2.22. The molecule has 2 rings (SSSR count). The summed E-state index contributed by atoms with van der Waals surface area (Å²) in [4.78, 5) is 14.3. The molecule has 2 N–H and O–H groups in total. The summed E-state index contributed by atoms with van der Waals surface area (Å²) in [7, 11) is 0. The number of rotatable bonds is 3. The number of piperazine rings is 1. The van der Waals surface area contributed by atoms with E-state index in [0.717, 1.165) is 29.8 Å². The summed E-state index contributed by atoms with van der Waals surface area (Å²) in [5.41, 5.74) is 0.858. The number of carbonyl (C=O) groups is 1. The smallest absolute Gasteiger partial charge is 0.238 e. The minimum absolute atomic E-state index is 0.0231. The lowest BCUT2D eigenvalue weighted by atomic mass is 10.0. The number of anilines is 1. The first-order valence-corrected chi connectivity index (χ1v) is 7.28. The first-order chi connectivity index (χ1) is 8.97. The number of hydrogen-bond acceptors (Lipinski definition) is 3. The van der Waals surface area contributed by atoms with Crippen molar-refractivity contribution in [3.05, 3.63) is 28.7 Å². The van der Waals surface area contributed by atoms with E-state index in [0.29, 0.717) is 6.54 Å². The van der Waals surface area contributed by atoms with Crippen molar-refractivity contribution in [1.82, 2.24) is 10.2 Å². The number of halogens is 1. The third-order valence-corrected chi connectivity index (χ3v) is 3.96. The number of benzene rings is 1. The zero-order chi connectivity index (χ0) is 13.9. The average Bonchev–Trinajstić information content (AvgIpc) is 2.35. The second kappa shape index (κ2) is 6.03. The van der Waals surface area contributed by atoms with E-state index in [-0.39, 0.29) is 11.4 Å². The Kier molecular flexibility index (Phi) is 4.60. The highest BCUT2D eigenvalue weighted by Gasteiger charge is 2.30. The molecular weight excluding hydrogens is 306 g/mol. The molecule has 1 aromatic rings. The maximum absolute atomic E-state index is 12.1. The van der Waals surface area contributed by atoms with Crippen molar-refractivity contribution in [2.75, 3.05) is 31.5 Å². The van der Waals surface area contributed by atoms with E-state index in [2.05, 4.69) is 45.3 Å². The lowest BCUT2D eigenvalue weighted by Crippen LogP contribution is -2.59. The number of amides is 1. The fourth-order valence-corrected chi connectivity index (χ4v) is 2.49. The summed E-state index contributed by atoms with van der Waals surface area (Å²) < 4.78 is 1.01. The summed E-state index contributed by atoms with van der Waals surface area (Å²) in [6.45, 7) is 7.51. The quantitative estimate of drug-likeness (QED) is 0.894. The molecule has 0 aromatic heterocycles. The van der Waals surface area contributed by atoms with E-state index in [1.54, 1.807) is 0 Å². The van der Waals surface area contributed by atoms with Gasteiger partial charge in [0, 0.05) is 35.3 Å². The maximum Gasteiger partial charge on any atom is 0.238 e. The van der Waals surface area contributed by atoms with Crippen molar-refractivity contribution in [3.8, 4) is 0 Å². The lowest BCUT2D eigenvalue weighted by molar-refractivity contribution is -0.119. The van der Waals surface area contributed by atoms with E-state index < -0.39 is 0 Å². The van der Waals surface area contributed by atoms with Crippen LogP contribution in [-0.4, -0.2) is 42.5 Å². The first-order valence-electron chi connectivity index (χ1n) is 6.48. The Balaban J connectivity index is 1.92. The van der Waals surface area contributed by atoms with E-state index in [1.165, 1.54) is 0 Å². The molecule has 1 amide bonds. The van der Waals surface area contributed by atoms with Crippen molar-refractivity contribution in [1.29, 1.82) is 0 Å². The Bertz CT molecular complexity index is 445. The monoisotopic (exact) mass is 325 g/mol. The Hall–Kier alpha value is -0.910. The predicted molar refractivity (Wildman–Crippen MR) is 81.3 cm³/mol. The first kappa shape index (κ1) is 14.5. The number of carbonyl (C=O) groups excluding carboxylic acids is 1. The van der Waals surface area contributed by atoms with Gasteiger partial charge in [-0.2, -0.15) is 0 Å². The molecule has 1 aromatic carbocycles. The number of nitrogens with zero attached hydrogens (tertiary/aromatic N) is 1. The zero-order valence-electron chi connectivity index (χ0n) is 11.4. The van der Waals surface area contributed by atoms with Crippen LogP contribution in [-0.2, 0) is 4.79 Å². The molecule has 1 aliphatic rings. The molecule has 1 saturated heterocycles. The molecule has 0 radical (unpaired) electrons. The molecule has 4 nitrogen and oxygen atoms in total. The minimum atomic E-state index is 0.0231. The molecule has 0 atom stereocenters. The standard InChI is InChI=1S/C14H20BrN3O/c1-14(2)10-16-7-8-18(14)9-13(19)17-12-5-3-11(15)4-6-12/h3-6,16H,7-10H2,1-2H3,(H,17,19). The zero-order valence-corrected chi connectivity index (χ0v) is 13.0. The highest BCUT2D eigenvalue weighted by atomic mass is 79.9. The highest BCUT2D eigenvalue weighted by molar-refractivity contribution is 9.10. The molecule has 0 bridgehead atoms. The van der Waals surface area contributed by atoms with Crippen LogP contribution in [0.15, 0.2) is 28.7 Å². The predicted octanol–water partition coefficient (Wildman–Crippen LogP) is 2.07. The molecule has 5 heteroatoms.